The van der Waals surface area contributed by atoms with Crippen molar-refractivity contribution < 1.29 is 9.53 Å². The highest BCUT2D eigenvalue weighted by Crippen LogP contribution is 2.32. The lowest BCUT2D eigenvalue weighted by atomic mass is 10.1. The molecule has 0 aliphatic carbocycles. The summed E-state index contributed by atoms with van der Waals surface area (Å²) < 4.78 is 4.59. The molecule has 0 aliphatic rings. The molecule has 15 heavy (non-hydrogen) atoms. The molecule has 0 aromatic carbocycles. The van der Waals surface area contributed by atoms with Crippen molar-refractivity contribution in [3.8, 4) is 0 Å². The Labute approximate surface area is 89.2 Å². The van der Waals surface area contributed by atoms with E-state index in [9.17, 15) is 14.6 Å². The van der Waals surface area contributed by atoms with Crippen LogP contribution in [0, 0.1) is 9.81 Å². The monoisotopic (exact) mass is 228 g/mol. The predicted molar refractivity (Wildman–Crippen MR) is 54.2 cm³/mol. The zero-order valence-corrected chi connectivity index (χ0v) is 8.69. The number of nitrogens with zero attached hydrogens (tertiary/aromatic N) is 2. The molecule has 0 N–H and O–H groups in total. The highest BCUT2D eigenvalue weighted by molar-refractivity contribution is 7.10. The molecular formula is C8H8N2O4S. The minimum atomic E-state index is -2.29. The van der Waals surface area contributed by atoms with Crippen LogP contribution >= 0.6 is 11.3 Å². The third-order valence-electron chi connectivity index (χ3n) is 1.69. The molecule has 80 valence electrons. The molecule has 6 nitrogen and oxygen atoms in total. The zero-order valence-electron chi connectivity index (χ0n) is 7.87. The van der Waals surface area contributed by atoms with Gasteiger partial charge in [-0.05, 0) is 28.7 Å². The number of carbonyl (C=O) groups is 1. The topological polar surface area (TPSA) is 85.2 Å². The molecule has 0 unspecified atom stereocenters. The maximum absolute atomic E-state index is 11.4. The Morgan fingerprint density at radius 1 is 1.53 bits per heavy atom. The SMILES string of the molecule is CCOC(=O)C(N=O)(N=O)c1cccs1. The van der Waals surface area contributed by atoms with Gasteiger partial charge < -0.3 is 4.74 Å². The van der Waals surface area contributed by atoms with Gasteiger partial charge in [0.05, 0.1) is 11.5 Å². The standard InChI is InChI=1S/C8H8N2O4S/c1-2-14-7(11)8(9-12,10-13)6-4-3-5-15-6/h3-5H,2H2,1H3. The molecule has 0 saturated carbocycles. The van der Waals surface area contributed by atoms with Crippen molar-refractivity contribution in [1.82, 2.24) is 0 Å². The third-order valence-corrected chi connectivity index (χ3v) is 2.66. The minimum Gasteiger partial charge on any atom is -0.462 e. The van der Waals surface area contributed by atoms with Gasteiger partial charge in [-0.1, -0.05) is 6.07 Å². The number of esters is 1. The van der Waals surface area contributed by atoms with Crippen LogP contribution in [0.3, 0.4) is 0 Å². The molecule has 0 atom stereocenters. The first-order chi connectivity index (χ1) is 7.21. The summed E-state index contributed by atoms with van der Waals surface area (Å²) in [7, 11) is 0. The molecule has 0 amide bonds. The van der Waals surface area contributed by atoms with E-state index in [0.29, 0.717) is 0 Å². The molecule has 0 radical (unpaired) electrons. The molecule has 0 saturated heterocycles. The van der Waals surface area contributed by atoms with E-state index in [0.717, 1.165) is 11.3 Å². The maximum atomic E-state index is 11.4. The largest absolute Gasteiger partial charge is 0.462 e. The van der Waals surface area contributed by atoms with Crippen molar-refractivity contribution in [2.45, 2.75) is 12.6 Å². The maximum Gasteiger partial charge on any atom is 0.370 e. The molecule has 1 rings (SSSR count). The second kappa shape index (κ2) is 4.74. The number of nitroso groups, excluding NO2 is 2. The van der Waals surface area contributed by atoms with Crippen molar-refractivity contribution in [1.29, 1.82) is 0 Å². The molecule has 1 aromatic rings. The number of hydrogen-bond donors (Lipinski definition) is 0. The van der Waals surface area contributed by atoms with Gasteiger partial charge in [-0.15, -0.1) is 21.2 Å². The van der Waals surface area contributed by atoms with Gasteiger partial charge in [-0.25, -0.2) is 4.79 Å². The van der Waals surface area contributed by atoms with Crippen LogP contribution in [-0.2, 0) is 15.2 Å². The van der Waals surface area contributed by atoms with E-state index in [1.807, 2.05) is 0 Å². The van der Waals surface area contributed by atoms with Crippen LogP contribution in [-0.4, -0.2) is 12.6 Å². The van der Waals surface area contributed by atoms with Crippen molar-refractivity contribution >= 4 is 17.3 Å². The van der Waals surface area contributed by atoms with Crippen LogP contribution in [0.2, 0.25) is 0 Å². The summed E-state index contributed by atoms with van der Waals surface area (Å²) in [5.41, 5.74) is -2.29. The van der Waals surface area contributed by atoms with E-state index in [2.05, 4.69) is 15.1 Å². The fourth-order valence-corrected chi connectivity index (χ4v) is 1.77. The zero-order chi connectivity index (χ0) is 11.3. The number of thiophene rings is 1. The molecular weight excluding hydrogens is 220 g/mol. The summed E-state index contributed by atoms with van der Waals surface area (Å²) in [6.07, 6.45) is 0. The number of ether oxygens (including phenoxy) is 1. The van der Waals surface area contributed by atoms with Crippen LogP contribution in [0.4, 0.5) is 0 Å². The molecule has 0 aliphatic heterocycles. The first-order valence-electron chi connectivity index (χ1n) is 4.11. The van der Waals surface area contributed by atoms with Gasteiger partial charge in [0, 0.05) is 0 Å². The van der Waals surface area contributed by atoms with Gasteiger partial charge in [0.15, 0.2) is 0 Å². The van der Waals surface area contributed by atoms with Gasteiger partial charge >= 0.3 is 11.6 Å². The summed E-state index contributed by atoms with van der Waals surface area (Å²) >= 11 is 1.04. The van der Waals surface area contributed by atoms with E-state index in [1.165, 1.54) is 6.07 Å². The van der Waals surface area contributed by atoms with Gasteiger partial charge in [-0.3, -0.25) is 0 Å². The van der Waals surface area contributed by atoms with Crippen LogP contribution in [0.15, 0.2) is 27.9 Å². The molecule has 0 fully saturated rings. The fraction of sp³-hybridized carbons (Fsp3) is 0.375. The quantitative estimate of drug-likeness (QED) is 0.569. The van der Waals surface area contributed by atoms with Crippen LogP contribution < -0.4 is 0 Å². The first kappa shape index (κ1) is 11.4. The van der Waals surface area contributed by atoms with Gasteiger partial charge in [0.25, 0.3) is 0 Å². The summed E-state index contributed by atoms with van der Waals surface area (Å²) in [5.74, 6) is -1.04. The van der Waals surface area contributed by atoms with Crippen LogP contribution in [0.25, 0.3) is 0 Å². The van der Waals surface area contributed by atoms with Crippen molar-refractivity contribution in [3.63, 3.8) is 0 Å². The second-order valence-corrected chi connectivity index (χ2v) is 3.50. The normalized spacial score (nSPS) is 10.7. The fourth-order valence-electron chi connectivity index (χ4n) is 0.990. The van der Waals surface area contributed by atoms with Crippen molar-refractivity contribution in [3.05, 3.63) is 32.2 Å². The Kier molecular flexibility index (Phi) is 3.62. The number of rotatable bonds is 5. The molecule has 7 heteroatoms. The van der Waals surface area contributed by atoms with Crippen molar-refractivity contribution in [2.24, 2.45) is 10.4 Å². The second-order valence-electron chi connectivity index (χ2n) is 2.55. The summed E-state index contributed by atoms with van der Waals surface area (Å²) in [6, 6.07) is 3.02. The Morgan fingerprint density at radius 2 is 2.20 bits per heavy atom. The third kappa shape index (κ3) is 1.91. The Hall–Kier alpha value is -1.63. The lowest BCUT2D eigenvalue weighted by molar-refractivity contribution is -0.149. The Balaban J connectivity index is 3.14. The first-order valence-corrected chi connectivity index (χ1v) is 4.99. The van der Waals surface area contributed by atoms with Gasteiger partial charge in [0.2, 0.25) is 0 Å². The average molecular weight is 228 g/mol. The minimum absolute atomic E-state index is 0.0526. The van der Waals surface area contributed by atoms with E-state index in [-0.39, 0.29) is 11.5 Å². The number of carbonyl (C=O) groups excluding carboxylic acids is 1. The highest BCUT2D eigenvalue weighted by atomic mass is 32.1. The smallest absolute Gasteiger partial charge is 0.370 e. The van der Waals surface area contributed by atoms with Gasteiger partial charge in [0.1, 0.15) is 0 Å². The van der Waals surface area contributed by atoms with Crippen LogP contribution in [0.5, 0.6) is 0 Å². The summed E-state index contributed by atoms with van der Waals surface area (Å²) in [4.78, 5) is 32.9. The lowest BCUT2D eigenvalue weighted by Gasteiger charge is -2.14. The number of hydrogen-bond acceptors (Lipinski definition) is 7. The van der Waals surface area contributed by atoms with E-state index >= 15 is 0 Å². The van der Waals surface area contributed by atoms with E-state index in [4.69, 9.17) is 0 Å². The van der Waals surface area contributed by atoms with E-state index < -0.39 is 11.6 Å². The van der Waals surface area contributed by atoms with Gasteiger partial charge in [-0.2, -0.15) is 0 Å². The van der Waals surface area contributed by atoms with E-state index in [1.54, 1.807) is 18.4 Å². The van der Waals surface area contributed by atoms with Crippen molar-refractivity contribution in [2.75, 3.05) is 6.61 Å². The highest BCUT2D eigenvalue weighted by Gasteiger charge is 2.47. The molecule has 1 aromatic heterocycles. The summed E-state index contributed by atoms with van der Waals surface area (Å²) in [6.45, 7) is 1.61. The Morgan fingerprint density at radius 3 is 2.60 bits per heavy atom. The Bertz CT molecular complexity index is 355. The molecule has 1 heterocycles. The van der Waals surface area contributed by atoms with Crippen LogP contribution in [0.1, 0.15) is 11.8 Å². The summed E-state index contributed by atoms with van der Waals surface area (Å²) in [5, 5.41) is 6.62. The lowest BCUT2D eigenvalue weighted by Crippen LogP contribution is -2.32. The average Bonchev–Trinajstić information content (AvgIpc) is 2.75. The predicted octanol–water partition coefficient (Wildman–Crippen LogP) is 2.00. The molecule has 0 spiro atoms. The molecule has 0 bridgehead atoms.